The monoisotopic (exact) mass is 392 g/mol. The van der Waals surface area contributed by atoms with Gasteiger partial charge in [0.2, 0.25) is 16.5 Å². The minimum absolute atomic E-state index is 0.00876. The van der Waals surface area contributed by atoms with Crippen LogP contribution in [0.3, 0.4) is 0 Å². The van der Waals surface area contributed by atoms with Gasteiger partial charge in [0.25, 0.3) is 10.1 Å². The zero-order chi connectivity index (χ0) is 17.8. The molecular weight excluding hydrogens is 375 g/mol. The number of halogens is 2. The van der Waals surface area contributed by atoms with E-state index in [0.717, 1.165) is 5.57 Å². The third-order valence-electron chi connectivity index (χ3n) is 3.67. The van der Waals surface area contributed by atoms with Gasteiger partial charge in [0.1, 0.15) is 0 Å². The molecule has 132 valence electrons. The van der Waals surface area contributed by atoms with E-state index in [2.05, 4.69) is 26.3 Å². The smallest absolute Gasteiger partial charge is 0.264 e. The quantitative estimate of drug-likeness (QED) is 0.541. The highest BCUT2D eigenvalue weighted by molar-refractivity contribution is 7.85. The standard InChI is InChI=1S/C14H18Cl2N4O3S/c1-10-4-7-14(8-5-10,6-2-3-9-24(21,22)23)20-13-18-11(15)17-12(16)19-13/h4-5,7H,2-3,6,8-9H2,1H3,(H,21,22,23)(H,17,18,19,20). The summed E-state index contributed by atoms with van der Waals surface area (Å²) in [7, 11) is -3.94. The van der Waals surface area contributed by atoms with Crippen molar-refractivity contribution in [1.82, 2.24) is 15.0 Å². The van der Waals surface area contributed by atoms with Crippen molar-refractivity contribution in [1.29, 1.82) is 0 Å². The third kappa shape index (κ3) is 6.01. The molecule has 1 aromatic heterocycles. The summed E-state index contributed by atoms with van der Waals surface area (Å²) in [6.07, 6.45) is 8.31. The Morgan fingerprint density at radius 1 is 1.25 bits per heavy atom. The molecule has 0 spiro atoms. The molecule has 7 nitrogen and oxygen atoms in total. The largest absolute Gasteiger partial charge is 0.345 e. The van der Waals surface area contributed by atoms with Gasteiger partial charge >= 0.3 is 0 Å². The molecule has 0 aromatic carbocycles. The first-order valence-electron chi connectivity index (χ1n) is 7.34. The van der Waals surface area contributed by atoms with E-state index in [1.54, 1.807) is 0 Å². The van der Waals surface area contributed by atoms with Crippen molar-refractivity contribution < 1.29 is 13.0 Å². The first kappa shape index (κ1) is 19.1. The summed E-state index contributed by atoms with van der Waals surface area (Å²) in [4.78, 5) is 11.7. The van der Waals surface area contributed by atoms with Gasteiger partial charge in [-0.05, 0) is 55.8 Å². The van der Waals surface area contributed by atoms with Crippen LogP contribution in [0.15, 0.2) is 23.8 Å². The third-order valence-corrected chi connectivity index (χ3v) is 4.81. The fourth-order valence-corrected chi connectivity index (χ4v) is 3.37. The number of anilines is 1. The topological polar surface area (TPSA) is 105 Å². The van der Waals surface area contributed by atoms with Crippen molar-refractivity contribution in [2.24, 2.45) is 0 Å². The number of nitrogens with one attached hydrogen (secondary N) is 1. The molecule has 1 aliphatic carbocycles. The van der Waals surface area contributed by atoms with Crippen LogP contribution < -0.4 is 5.32 Å². The van der Waals surface area contributed by atoms with E-state index in [1.165, 1.54) is 0 Å². The normalized spacial score (nSPS) is 20.8. The lowest BCUT2D eigenvalue weighted by Crippen LogP contribution is -2.37. The first-order chi connectivity index (χ1) is 11.2. The molecule has 0 aliphatic heterocycles. The van der Waals surface area contributed by atoms with Gasteiger partial charge in [0.05, 0.1) is 11.3 Å². The van der Waals surface area contributed by atoms with Gasteiger partial charge in [0, 0.05) is 0 Å². The van der Waals surface area contributed by atoms with E-state index >= 15 is 0 Å². The van der Waals surface area contributed by atoms with Crippen molar-refractivity contribution in [3.05, 3.63) is 34.4 Å². The second-order valence-electron chi connectivity index (χ2n) is 5.71. The highest BCUT2D eigenvalue weighted by Gasteiger charge is 2.29. The molecule has 1 aliphatic rings. The lowest BCUT2D eigenvalue weighted by molar-refractivity contribution is 0.468. The fourth-order valence-electron chi connectivity index (χ4n) is 2.44. The van der Waals surface area contributed by atoms with Gasteiger partial charge in [-0.2, -0.15) is 23.4 Å². The molecule has 10 heteroatoms. The van der Waals surface area contributed by atoms with Crippen LogP contribution >= 0.6 is 23.2 Å². The van der Waals surface area contributed by atoms with Crippen LogP contribution in [0.5, 0.6) is 0 Å². The van der Waals surface area contributed by atoms with Crippen LogP contribution in [0.4, 0.5) is 5.95 Å². The Morgan fingerprint density at radius 3 is 2.46 bits per heavy atom. The number of rotatable bonds is 7. The molecule has 1 aromatic rings. The zero-order valence-electron chi connectivity index (χ0n) is 13.0. The SMILES string of the molecule is CC1=CCC(CCCCS(=O)(=O)O)(Nc2nc(Cl)nc(Cl)n2)C=C1. The molecule has 1 atom stereocenters. The lowest BCUT2D eigenvalue weighted by Gasteiger charge is -2.33. The predicted molar refractivity (Wildman–Crippen MR) is 94.0 cm³/mol. The van der Waals surface area contributed by atoms with Gasteiger partial charge in [-0.15, -0.1) is 0 Å². The van der Waals surface area contributed by atoms with Crippen molar-refractivity contribution in [3.63, 3.8) is 0 Å². The summed E-state index contributed by atoms with van der Waals surface area (Å²) in [6, 6.07) is 0. The summed E-state index contributed by atoms with van der Waals surface area (Å²) in [5.41, 5.74) is 0.657. The summed E-state index contributed by atoms with van der Waals surface area (Å²) in [5.74, 6) is -0.00202. The second-order valence-corrected chi connectivity index (χ2v) is 7.96. The van der Waals surface area contributed by atoms with Crippen molar-refractivity contribution >= 4 is 39.3 Å². The van der Waals surface area contributed by atoms with E-state index in [0.29, 0.717) is 25.7 Å². The number of unbranched alkanes of at least 4 members (excludes halogenated alkanes) is 1. The molecule has 2 rings (SSSR count). The van der Waals surface area contributed by atoms with Crippen LogP contribution in [-0.4, -0.2) is 39.2 Å². The maximum absolute atomic E-state index is 10.8. The highest BCUT2D eigenvalue weighted by atomic mass is 35.5. The van der Waals surface area contributed by atoms with Crippen LogP contribution in [0.1, 0.15) is 32.6 Å². The molecule has 2 N–H and O–H groups in total. The van der Waals surface area contributed by atoms with Gasteiger partial charge in [-0.3, -0.25) is 4.55 Å². The average molecular weight is 393 g/mol. The minimum Gasteiger partial charge on any atom is -0.345 e. The van der Waals surface area contributed by atoms with E-state index < -0.39 is 15.7 Å². The van der Waals surface area contributed by atoms with Crippen molar-refractivity contribution in [2.45, 2.75) is 38.1 Å². The average Bonchev–Trinajstić information content (AvgIpc) is 2.45. The molecule has 0 amide bonds. The van der Waals surface area contributed by atoms with E-state index in [-0.39, 0.29) is 22.3 Å². The van der Waals surface area contributed by atoms with Gasteiger partial charge in [0.15, 0.2) is 0 Å². The van der Waals surface area contributed by atoms with Crippen molar-refractivity contribution in [2.75, 3.05) is 11.1 Å². The summed E-state index contributed by atoms with van der Waals surface area (Å²) >= 11 is 11.6. The Balaban J connectivity index is 2.11. The number of allylic oxidation sites excluding steroid dienone is 2. The molecule has 1 heterocycles. The molecule has 24 heavy (non-hydrogen) atoms. The molecule has 0 saturated heterocycles. The van der Waals surface area contributed by atoms with Crippen LogP contribution in [-0.2, 0) is 10.1 Å². The first-order valence-corrected chi connectivity index (χ1v) is 9.70. The van der Waals surface area contributed by atoms with E-state index in [4.69, 9.17) is 27.8 Å². The minimum atomic E-state index is -3.94. The Hall–Kier alpha value is -1.22. The summed E-state index contributed by atoms with van der Waals surface area (Å²) in [6.45, 7) is 2.00. The summed E-state index contributed by atoms with van der Waals surface area (Å²) < 4.78 is 30.5. The van der Waals surface area contributed by atoms with Crippen LogP contribution in [0.25, 0.3) is 0 Å². The Kier molecular flexibility index (Phi) is 6.19. The molecule has 0 radical (unpaired) electrons. The Labute approximate surface area is 151 Å². The zero-order valence-corrected chi connectivity index (χ0v) is 15.4. The highest BCUT2D eigenvalue weighted by Crippen LogP contribution is 2.30. The van der Waals surface area contributed by atoms with E-state index in [1.807, 2.05) is 19.1 Å². The molecule has 0 bridgehead atoms. The number of hydrogen-bond acceptors (Lipinski definition) is 6. The summed E-state index contributed by atoms with van der Waals surface area (Å²) in [5, 5.41) is 3.20. The Bertz CT molecular complexity index is 747. The molecule has 0 saturated carbocycles. The molecular formula is C14H18Cl2N4O3S. The van der Waals surface area contributed by atoms with Gasteiger partial charge in [-0.1, -0.05) is 23.8 Å². The molecule has 0 fully saturated rings. The van der Waals surface area contributed by atoms with Gasteiger partial charge < -0.3 is 5.32 Å². The Morgan fingerprint density at radius 2 is 1.92 bits per heavy atom. The number of nitrogens with zero attached hydrogens (tertiary/aromatic N) is 3. The maximum atomic E-state index is 10.8. The van der Waals surface area contributed by atoms with Crippen LogP contribution in [0, 0.1) is 0 Å². The van der Waals surface area contributed by atoms with Crippen molar-refractivity contribution in [3.8, 4) is 0 Å². The fraction of sp³-hybridized carbons (Fsp3) is 0.500. The lowest BCUT2D eigenvalue weighted by atomic mass is 9.84. The predicted octanol–water partition coefficient (Wildman–Crippen LogP) is 3.29. The molecule has 1 unspecified atom stereocenters. The van der Waals surface area contributed by atoms with Gasteiger partial charge in [-0.25, -0.2) is 0 Å². The van der Waals surface area contributed by atoms with E-state index in [9.17, 15) is 8.42 Å². The number of hydrogen-bond donors (Lipinski definition) is 2. The maximum Gasteiger partial charge on any atom is 0.264 e. The second kappa shape index (κ2) is 7.77. The van der Waals surface area contributed by atoms with Crippen LogP contribution in [0.2, 0.25) is 10.6 Å². The number of aromatic nitrogens is 3.